The highest BCUT2D eigenvalue weighted by Crippen LogP contribution is 2.10. The van der Waals surface area contributed by atoms with Gasteiger partial charge in [-0.05, 0) is 29.8 Å². The maximum absolute atomic E-state index is 13.3. The molecule has 0 unspecified atom stereocenters. The van der Waals surface area contributed by atoms with Crippen molar-refractivity contribution in [1.82, 2.24) is 5.43 Å². The molecule has 0 bridgehead atoms. The lowest BCUT2D eigenvalue weighted by atomic mass is 10.2. The zero-order valence-corrected chi connectivity index (χ0v) is 11.4. The minimum absolute atomic E-state index is 0.0334. The van der Waals surface area contributed by atoms with E-state index in [1.54, 1.807) is 6.07 Å². The number of carbonyl (C=O) groups is 1. The van der Waals surface area contributed by atoms with E-state index in [0.717, 1.165) is 10.0 Å². The van der Waals surface area contributed by atoms with Gasteiger partial charge in [0.25, 0.3) is 5.91 Å². The zero-order valence-electron chi connectivity index (χ0n) is 9.81. The fraction of sp³-hybridized carbons (Fsp3) is 0. The summed E-state index contributed by atoms with van der Waals surface area (Å²) in [6, 6.07) is 13.2. The Hall–Kier alpha value is -2.01. The molecule has 0 aromatic heterocycles. The molecule has 0 aliphatic carbocycles. The number of amides is 1. The van der Waals surface area contributed by atoms with Gasteiger partial charge in [-0.25, -0.2) is 9.82 Å². The van der Waals surface area contributed by atoms with Crippen LogP contribution in [-0.2, 0) is 0 Å². The molecule has 2 aromatic rings. The number of benzene rings is 2. The van der Waals surface area contributed by atoms with E-state index in [-0.39, 0.29) is 5.56 Å². The number of hydrogen-bond donors (Lipinski definition) is 1. The van der Waals surface area contributed by atoms with Crippen LogP contribution in [-0.4, -0.2) is 12.1 Å². The molecule has 0 aliphatic heterocycles. The number of nitrogens with zero attached hydrogens (tertiary/aromatic N) is 1. The van der Waals surface area contributed by atoms with Crippen molar-refractivity contribution in [3.63, 3.8) is 0 Å². The lowest BCUT2D eigenvalue weighted by molar-refractivity contribution is 0.0951. The van der Waals surface area contributed by atoms with Crippen LogP contribution in [0.15, 0.2) is 58.1 Å². The van der Waals surface area contributed by atoms with Crippen molar-refractivity contribution in [3.05, 3.63) is 69.9 Å². The van der Waals surface area contributed by atoms with Crippen LogP contribution in [0.2, 0.25) is 0 Å². The predicted octanol–water partition coefficient (Wildman–Crippen LogP) is 3.35. The van der Waals surface area contributed by atoms with E-state index in [1.165, 1.54) is 24.4 Å². The summed E-state index contributed by atoms with van der Waals surface area (Å²) < 4.78 is 14.2. The molecule has 19 heavy (non-hydrogen) atoms. The Bertz CT molecular complexity index is 628. The Morgan fingerprint density at radius 3 is 2.74 bits per heavy atom. The molecule has 0 atom stereocenters. The molecule has 0 saturated carbocycles. The molecule has 3 nitrogen and oxygen atoms in total. The van der Waals surface area contributed by atoms with Crippen LogP contribution in [0, 0.1) is 5.82 Å². The van der Waals surface area contributed by atoms with E-state index in [4.69, 9.17) is 0 Å². The maximum atomic E-state index is 13.3. The van der Waals surface area contributed by atoms with Gasteiger partial charge >= 0.3 is 0 Å². The first-order valence-electron chi connectivity index (χ1n) is 5.50. The summed E-state index contributed by atoms with van der Waals surface area (Å²) in [6.07, 6.45) is 1.49. The molecule has 2 rings (SSSR count). The summed E-state index contributed by atoms with van der Waals surface area (Å²) >= 11 is 3.33. The minimum Gasteiger partial charge on any atom is -0.267 e. The van der Waals surface area contributed by atoms with Crippen molar-refractivity contribution in [2.75, 3.05) is 0 Å². The SMILES string of the molecule is O=C(N/N=C\c1cccc(Br)c1)c1ccccc1F. The largest absolute Gasteiger partial charge is 0.274 e. The number of halogens is 2. The summed E-state index contributed by atoms with van der Waals surface area (Å²) in [7, 11) is 0. The summed E-state index contributed by atoms with van der Waals surface area (Å²) in [4.78, 5) is 11.6. The molecule has 2 aromatic carbocycles. The third-order valence-corrected chi connectivity index (χ3v) is 2.84. The number of hydrazone groups is 1. The van der Waals surface area contributed by atoms with Crippen molar-refractivity contribution >= 4 is 28.1 Å². The predicted molar refractivity (Wildman–Crippen MR) is 75.6 cm³/mol. The third kappa shape index (κ3) is 3.72. The quantitative estimate of drug-likeness (QED) is 0.684. The molecular weight excluding hydrogens is 311 g/mol. The van der Waals surface area contributed by atoms with Gasteiger partial charge in [0.2, 0.25) is 0 Å². The van der Waals surface area contributed by atoms with E-state index in [2.05, 4.69) is 26.5 Å². The van der Waals surface area contributed by atoms with Crippen molar-refractivity contribution in [3.8, 4) is 0 Å². The van der Waals surface area contributed by atoms with Crippen LogP contribution >= 0.6 is 15.9 Å². The molecule has 0 aliphatic rings. The van der Waals surface area contributed by atoms with Gasteiger partial charge in [0.1, 0.15) is 5.82 Å². The number of carbonyl (C=O) groups excluding carboxylic acids is 1. The van der Waals surface area contributed by atoms with Gasteiger partial charge in [0.05, 0.1) is 11.8 Å². The number of nitrogens with one attached hydrogen (secondary N) is 1. The number of hydrogen-bond acceptors (Lipinski definition) is 2. The van der Waals surface area contributed by atoms with Gasteiger partial charge in [-0.2, -0.15) is 5.10 Å². The highest BCUT2D eigenvalue weighted by molar-refractivity contribution is 9.10. The zero-order chi connectivity index (χ0) is 13.7. The van der Waals surface area contributed by atoms with Gasteiger partial charge in [-0.1, -0.05) is 40.2 Å². The van der Waals surface area contributed by atoms with E-state index in [1.807, 2.05) is 24.3 Å². The van der Waals surface area contributed by atoms with Crippen LogP contribution in [0.1, 0.15) is 15.9 Å². The van der Waals surface area contributed by atoms with Gasteiger partial charge < -0.3 is 0 Å². The van der Waals surface area contributed by atoms with Crippen LogP contribution in [0.5, 0.6) is 0 Å². The monoisotopic (exact) mass is 320 g/mol. The van der Waals surface area contributed by atoms with Crippen LogP contribution in [0.25, 0.3) is 0 Å². The van der Waals surface area contributed by atoms with Crippen molar-refractivity contribution in [2.24, 2.45) is 5.10 Å². The molecule has 1 N–H and O–H groups in total. The van der Waals surface area contributed by atoms with Gasteiger partial charge in [-0.3, -0.25) is 4.79 Å². The Morgan fingerprint density at radius 2 is 2.00 bits per heavy atom. The lowest BCUT2D eigenvalue weighted by Gasteiger charge is -2.00. The summed E-state index contributed by atoms with van der Waals surface area (Å²) in [6.45, 7) is 0. The molecule has 0 saturated heterocycles. The third-order valence-electron chi connectivity index (χ3n) is 2.35. The highest BCUT2D eigenvalue weighted by Gasteiger charge is 2.08. The van der Waals surface area contributed by atoms with E-state index in [0.29, 0.717) is 0 Å². The highest BCUT2D eigenvalue weighted by atomic mass is 79.9. The van der Waals surface area contributed by atoms with Crippen molar-refractivity contribution < 1.29 is 9.18 Å². The smallest absolute Gasteiger partial charge is 0.267 e. The standard InChI is InChI=1S/C14H10BrFN2O/c15-11-5-3-4-10(8-11)9-17-18-14(19)12-6-1-2-7-13(12)16/h1-9H,(H,18,19)/b17-9-. The average Bonchev–Trinajstić information content (AvgIpc) is 2.39. The van der Waals surface area contributed by atoms with Crippen LogP contribution in [0.4, 0.5) is 4.39 Å². The molecule has 5 heteroatoms. The Balaban J connectivity index is 2.03. The molecule has 0 fully saturated rings. The molecule has 0 spiro atoms. The topological polar surface area (TPSA) is 41.5 Å². The van der Waals surface area contributed by atoms with E-state index in [9.17, 15) is 9.18 Å². The number of rotatable bonds is 3. The lowest BCUT2D eigenvalue weighted by Crippen LogP contribution is -2.18. The van der Waals surface area contributed by atoms with Crippen molar-refractivity contribution in [1.29, 1.82) is 0 Å². The van der Waals surface area contributed by atoms with Gasteiger partial charge in [0.15, 0.2) is 0 Å². The second kappa shape index (κ2) is 6.24. The molecule has 1 amide bonds. The first kappa shape index (κ1) is 13.4. The fourth-order valence-corrected chi connectivity index (χ4v) is 1.87. The first-order valence-corrected chi connectivity index (χ1v) is 6.29. The maximum Gasteiger partial charge on any atom is 0.274 e. The van der Waals surface area contributed by atoms with E-state index >= 15 is 0 Å². The van der Waals surface area contributed by atoms with Crippen LogP contribution < -0.4 is 5.43 Å². The average molecular weight is 321 g/mol. The first-order chi connectivity index (χ1) is 9.16. The molecule has 96 valence electrons. The Labute approximate surface area is 118 Å². The fourth-order valence-electron chi connectivity index (χ4n) is 1.46. The van der Waals surface area contributed by atoms with Gasteiger partial charge in [-0.15, -0.1) is 0 Å². The van der Waals surface area contributed by atoms with Gasteiger partial charge in [0, 0.05) is 4.47 Å². The Kier molecular flexibility index (Phi) is 4.41. The Morgan fingerprint density at radius 1 is 1.21 bits per heavy atom. The minimum atomic E-state index is -0.579. The molecule has 0 radical (unpaired) electrons. The second-order valence-electron chi connectivity index (χ2n) is 3.73. The molecule has 0 heterocycles. The summed E-state index contributed by atoms with van der Waals surface area (Å²) in [5.74, 6) is -1.15. The molecular formula is C14H10BrFN2O. The second-order valence-corrected chi connectivity index (χ2v) is 4.65. The van der Waals surface area contributed by atoms with E-state index < -0.39 is 11.7 Å². The summed E-state index contributed by atoms with van der Waals surface area (Å²) in [5, 5.41) is 3.79. The summed E-state index contributed by atoms with van der Waals surface area (Å²) in [5.41, 5.74) is 3.07. The van der Waals surface area contributed by atoms with Crippen molar-refractivity contribution in [2.45, 2.75) is 0 Å². The van der Waals surface area contributed by atoms with Crippen LogP contribution in [0.3, 0.4) is 0 Å². The normalized spacial score (nSPS) is 10.6.